The van der Waals surface area contributed by atoms with Crippen LogP contribution < -0.4 is 5.32 Å². The predicted octanol–water partition coefficient (Wildman–Crippen LogP) is 3.33. The van der Waals surface area contributed by atoms with E-state index in [4.69, 9.17) is 11.6 Å². The Labute approximate surface area is 194 Å². The number of carbonyl (C=O) groups is 2. The number of nitrogens with one attached hydrogen (secondary N) is 1. The standard InChI is InChI=1S/C22H26ClN3O5S/c1-21-5-3-15(28)22(2,10-27)14(21)9-13-18(12(21)8-17(29)30)25-20(32-13)26-19(31)11-4-6-24-16(23)7-11/h4,6-7,12,14-15,27-28H,3,5,8-10H2,1-2H3,(H,29,30)(H,25,26,31)/t12-,14+,15-,21+,22+/m1/s1. The van der Waals surface area contributed by atoms with Crippen molar-refractivity contribution in [3.63, 3.8) is 0 Å². The first-order valence-corrected chi connectivity index (χ1v) is 11.7. The number of thiazole rings is 1. The second kappa shape index (κ2) is 8.37. The quantitative estimate of drug-likeness (QED) is 0.483. The molecule has 10 heteroatoms. The van der Waals surface area contributed by atoms with Crippen LogP contribution in [0.2, 0.25) is 5.15 Å². The summed E-state index contributed by atoms with van der Waals surface area (Å²) in [6, 6.07) is 3.01. The molecule has 2 aromatic rings. The number of aliphatic hydroxyl groups is 2. The molecule has 2 heterocycles. The molecule has 0 saturated heterocycles. The number of hydrogen-bond donors (Lipinski definition) is 4. The van der Waals surface area contributed by atoms with Gasteiger partial charge in [-0.2, -0.15) is 0 Å². The highest BCUT2D eigenvalue weighted by molar-refractivity contribution is 7.15. The number of hydrogen-bond acceptors (Lipinski definition) is 7. The van der Waals surface area contributed by atoms with E-state index in [2.05, 4.69) is 15.3 Å². The summed E-state index contributed by atoms with van der Waals surface area (Å²) in [6.07, 6.45) is 2.37. The van der Waals surface area contributed by atoms with Crippen molar-refractivity contribution in [1.82, 2.24) is 9.97 Å². The zero-order valence-electron chi connectivity index (χ0n) is 17.8. The van der Waals surface area contributed by atoms with E-state index < -0.39 is 22.9 Å². The van der Waals surface area contributed by atoms with Crippen LogP contribution >= 0.6 is 22.9 Å². The van der Waals surface area contributed by atoms with Crippen LogP contribution in [-0.2, 0) is 11.2 Å². The predicted molar refractivity (Wildman–Crippen MR) is 120 cm³/mol. The van der Waals surface area contributed by atoms with E-state index in [1.807, 2.05) is 13.8 Å². The lowest BCUT2D eigenvalue weighted by molar-refractivity contribution is -0.150. The lowest BCUT2D eigenvalue weighted by atomic mass is 9.47. The number of halogens is 1. The van der Waals surface area contributed by atoms with Crippen molar-refractivity contribution in [3.05, 3.63) is 39.6 Å². The fourth-order valence-corrected chi connectivity index (χ4v) is 6.82. The Hall–Kier alpha value is -2.07. The van der Waals surface area contributed by atoms with Gasteiger partial charge in [-0.3, -0.25) is 14.9 Å². The zero-order chi connectivity index (χ0) is 23.3. The van der Waals surface area contributed by atoms with Gasteiger partial charge in [-0.05, 0) is 42.7 Å². The molecular formula is C22H26ClN3O5S. The maximum absolute atomic E-state index is 12.7. The van der Waals surface area contributed by atoms with Crippen LogP contribution in [0.15, 0.2) is 18.3 Å². The fraction of sp³-hybridized carbons (Fsp3) is 0.545. The highest BCUT2D eigenvalue weighted by Crippen LogP contribution is 2.62. The van der Waals surface area contributed by atoms with Crippen LogP contribution in [0.5, 0.6) is 0 Å². The van der Waals surface area contributed by atoms with Crippen molar-refractivity contribution < 1.29 is 24.9 Å². The first-order chi connectivity index (χ1) is 15.1. The van der Waals surface area contributed by atoms with Crippen molar-refractivity contribution in [2.75, 3.05) is 11.9 Å². The van der Waals surface area contributed by atoms with Crippen LogP contribution in [0, 0.1) is 16.7 Å². The lowest BCUT2D eigenvalue weighted by Crippen LogP contribution is -2.57. The van der Waals surface area contributed by atoms with Crippen LogP contribution in [0.25, 0.3) is 0 Å². The molecule has 2 aliphatic carbocycles. The largest absolute Gasteiger partial charge is 0.481 e. The van der Waals surface area contributed by atoms with Crippen molar-refractivity contribution in [2.24, 2.45) is 16.7 Å². The molecule has 0 radical (unpaired) electrons. The Morgan fingerprint density at radius 2 is 2.12 bits per heavy atom. The Kier molecular flexibility index (Phi) is 6.04. The maximum atomic E-state index is 12.7. The molecule has 1 saturated carbocycles. The number of fused-ring (bicyclic) bond motifs is 2. The molecule has 0 spiro atoms. The van der Waals surface area contributed by atoms with Crippen molar-refractivity contribution in [3.8, 4) is 0 Å². The molecule has 5 atom stereocenters. The molecule has 8 nitrogen and oxygen atoms in total. The van der Waals surface area contributed by atoms with E-state index in [0.29, 0.717) is 35.7 Å². The summed E-state index contributed by atoms with van der Waals surface area (Å²) in [6.45, 7) is 3.73. The molecule has 2 aromatic heterocycles. The minimum atomic E-state index is -0.926. The van der Waals surface area contributed by atoms with Crippen LogP contribution in [0.4, 0.5) is 5.13 Å². The molecular weight excluding hydrogens is 454 g/mol. The Morgan fingerprint density at radius 3 is 2.78 bits per heavy atom. The number of aromatic nitrogens is 2. The van der Waals surface area contributed by atoms with Crippen molar-refractivity contribution in [1.29, 1.82) is 0 Å². The van der Waals surface area contributed by atoms with Gasteiger partial charge in [-0.15, -0.1) is 11.3 Å². The smallest absolute Gasteiger partial charge is 0.304 e. The van der Waals surface area contributed by atoms with Gasteiger partial charge >= 0.3 is 5.97 Å². The van der Waals surface area contributed by atoms with Gasteiger partial charge in [0.05, 0.1) is 24.8 Å². The Morgan fingerprint density at radius 1 is 1.38 bits per heavy atom. The average molecular weight is 480 g/mol. The van der Waals surface area contributed by atoms with Crippen LogP contribution in [-0.4, -0.2) is 49.9 Å². The van der Waals surface area contributed by atoms with Gasteiger partial charge in [0.15, 0.2) is 5.13 Å². The first kappa shape index (κ1) is 23.1. The summed E-state index contributed by atoms with van der Waals surface area (Å²) in [7, 11) is 0. The number of aliphatic carboxylic acids is 1. The van der Waals surface area contributed by atoms with Gasteiger partial charge in [-0.25, -0.2) is 9.97 Å². The van der Waals surface area contributed by atoms with Gasteiger partial charge in [0.1, 0.15) is 5.15 Å². The van der Waals surface area contributed by atoms with E-state index in [1.165, 1.54) is 23.6 Å². The van der Waals surface area contributed by atoms with Gasteiger partial charge in [0.2, 0.25) is 0 Å². The second-order valence-corrected chi connectivity index (χ2v) is 10.8. The lowest BCUT2D eigenvalue weighted by Gasteiger charge is -2.58. The third-order valence-corrected chi connectivity index (χ3v) is 8.70. The molecule has 1 amide bonds. The zero-order valence-corrected chi connectivity index (χ0v) is 19.4. The molecule has 0 bridgehead atoms. The normalized spacial score (nSPS) is 31.5. The molecule has 4 rings (SSSR count). The third kappa shape index (κ3) is 3.81. The molecule has 4 N–H and O–H groups in total. The number of carboxylic acids is 1. The molecule has 0 unspecified atom stereocenters. The summed E-state index contributed by atoms with van der Waals surface area (Å²) in [4.78, 5) is 33.8. The number of amides is 1. The highest BCUT2D eigenvalue weighted by Gasteiger charge is 2.59. The fourth-order valence-electron chi connectivity index (χ4n) is 5.59. The number of nitrogens with zero attached hydrogens (tertiary/aromatic N) is 2. The number of rotatable bonds is 5. The van der Waals surface area contributed by atoms with E-state index in [9.17, 15) is 24.9 Å². The highest BCUT2D eigenvalue weighted by atomic mass is 35.5. The molecule has 172 valence electrons. The van der Waals surface area contributed by atoms with E-state index in [0.717, 1.165) is 4.88 Å². The first-order valence-electron chi connectivity index (χ1n) is 10.5. The van der Waals surface area contributed by atoms with Crippen molar-refractivity contribution >= 4 is 39.9 Å². The SMILES string of the molecule is C[C@]1(CO)[C@H]2Cc3sc(NC(=O)c4ccnc(Cl)c4)nc3[C@@H](CC(=O)O)[C@]2(C)CC[C@H]1O. The second-order valence-electron chi connectivity index (χ2n) is 9.28. The molecule has 0 aliphatic heterocycles. The topological polar surface area (TPSA) is 133 Å². The number of carboxylic acid groups (broad SMARTS) is 1. The summed E-state index contributed by atoms with van der Waals surface area (Å²) in [5.41, 5.74) is -0.161. The van der Waals surface area contributed by atoms with Gasteiger partial charge < -0.3 is 15.3 Å². The summed E-state index contributed by atoms with van der Waals surface area (Å²) >= 11 is 7.19. The summed E-state index contributed by atoms with van der Waals surface area (Å²) < 4.78 is 0. The molecule has 2 aliphatic rings. The minimum Gasteiger partial charge on any atom is -0.481 e. The van der Waals surface area contributed by atoms with Crippen molar-refractivity contribution in [2.45, 2.75) is 51.6 Å². The third-order valence-electron chi connectivity index (χ3n) is 7.48. The number of pyridine rings is 1. The van der Waals surface area contributed by atoms with Gasteiger partial charge in [0, 0.05) is 28.0 Å². The number of carbonyl (C=O) groups excluding carboxylic acids is 1. The minimum absolute atomic E-state index is 0.102. The van der Waals surface area contributed by atoms with Crippen LogP contribution in [0.1, 0.15) is 60.0 Å². The average Bonchev–Trinajstić information content (AvgIpc) is 3.14. The Bertz CT molecular complexity index is 1060. The monoisotopic (exact) mass is 479 g/mol. The Balaban J connectivity index is 1.72. The van der Waals surface area contributed by atoms with E-state index in [-0.39, 0.29) is 35.9 Å². The van der Waals surface area contributed by atoms with Gasteiger partial charge in [-0.1, -0.05) is 25.4 Å². The summed E-state index contributed by atoms with van der Waals surface area (Å²) in [5.74, 6) is -1.81. The number of aliphatic hydroxyl groups excluding tert-OH is 2. The summed E-state index contributed by atoms with van der Waals surface area (Å²) in [5, 5.41) is 33.9. The van der Waals surface area contributed by atoms with Gasteiger partial charge in [0.25, 0.3) is 5.91 Å². The molecule has 32 heavy (non-hydrogen) atoms. The van der Waals surface area contributed by atoms with E-state index in [1.54, 1.807) is 6.07 Å². The number of anilines is 1. The molecule has 1 fully saturated rings. The van der Waals surface area contributed by atoms with Crippen LogP contribution in [0.3, 0.4) is 0 Å². The maximum Gasteiger partial charge on any atom is 0.304 e. The molecule has 0 aromatic carbocycles. The van der Waals surface area contributed by atoms with E-state index >= 15 is 0 Å².